The Kier molecular flexibility index (Phi) is 14.4. The molecule has 1 amide bonds. The van der Waals surface area contributed by atoms with Crippen LogP contribution in [0.3, 0.4) is 0 Å². The van der Waals surface area contributed by atoms with Crippen molar-refractivity contribution in [2.45, 2.75) is 109 Å². The SMILES string of the molecule is CCCCCCCCC=CCCCCCCCCN1CC(OC(=O)O)CC1=O. The van der Waals surface area contributed by atoms with Crippen molar-refractivity contribution in [2.24, 2.45) is 0 Å². The molecule has 0 spiro atoms. The van der Waals surface area contributed by atoms with Crippen LogP contribution in [-0.2, 0) is 9.53 Å². The number of hydrogen-bond donors (Lipinski definition) is 1. The van der Waals surface area contributed by atoms with Gasteiger partial charge in [-0.05, 0) is 32.1 Å². The van der Waals surface area contributed by atoms with Crippen LogP contribution in [0.1, 0.15) is 103 Å². The van der Waals surface area contributed by atoms with E-state index in [0.717, 1.165) is 19.4 Å². The van der Waals surface area contributed by atoms with Crippen LogP contribution in [0, 0.1) is 0 Å². The van der Waals surface area contributed by atoms with Gasteiger partial charge in [0.15, 0.2) is 0 Å². The first-order valence-electron chi connectivity index (χ1n) is 11.5. The monoisotopic (exact) mass is 395 g/mol. The summed E-state index contributed by atoms with van der Waals surface area (Å²) >= 11 is 0. The third-order valence-corrected chi connectivity index (χ3v) is 5.39. The third-order valence-electron chi connectivity index (χ3n) is 5.39. The lowest BCUT2D eigenvalue weighted by molar-refractivity contribution is -0.127. The Morgan fingerprint density at radius 2 is 1.50 bits per heavy atom. The number of carboxylic acid groups (broad SMARTS) is 1. The van der Waals surface area contributed by atoms with E-state index in [-0.39, 0.29) is 12.3 Å². The minimum atomic E-state index is -1.29. The molecule has 0 bridgehead atoms. The summed E-state index contributed by atoms with van der Waals surface area (Å²) in [6.45, 7) is 3.39. The van der Waals surface area contributed by atoms with Crippen molar-refractivity contribution in [3.8, 4) is 0 Å². The van der Waals surface area contributed by atoms with Gasteiger partial charge in [-0.1, -0.05) is 76.9 Å². The van der Waals surface area contributed by atoms with Crippen LogP contribution in [0.15, 0.2) is 12.2 Å². The molecule has 0 radical (unpaired) electrons. The van der Waals surface area contributed by atoms with Crippen molar-refractivity contribution >= 4 is 12.1 Å². The molecule has 1 aliphatic rings. The summed E-state index contributed by atoms with van der Waals surface area (Å²) in [7, 11) is 0. The van der Waals surface area contributed by atoms with Crippen LogP contribution in [0.2, 0.25) is 0 Å². The van der Waals surface area contributed by atoms with Gasteiger partial charge in [-0.25, -0.2) is 4.79 Å². The molecule has 28 heavy (non-hydrogen) atoms. The maximum Gasteiger partial charge on any atom is 0.506 e. The van der Waals surface area contributed by atoms with E-state index >= 15 is 0 Å². The number of carbonyl (C=O) groups is 2. The number of nitrogens with zero attached hydrogens (tertiary/aromatic N) is 1. The van der Waals surface area contributed by atoms with Crippen molar-refractivity contribution in [1.82, 2.24) is 4.90 Å². The van der Waals surface area contributed by atoms with E-state index in [1.165, 1.54) is 77.0 Å². The Morgan fingerprint density at radius 3 is 2.07 bits per heavy atom. The van der Waals surface area contributed by atoms with Crippen molar-refractivity contribution in [3.05, 3.63) is 12.2 Å². The third kappa shape index (κ3) is 12.8. The molecule has 5 nitrogen and oxygen atoms in total. The summed E-state index contributed by atoms with van der Waals surface area (Å²) in [6.07, 6.45) is 20.9. The molecular formula is C23H41NO4. The number of amides is 1. The number of allylic oxidation sites excluding steroid dienone is 2. The van der Waals surface area contributed by atoms with Gasteiger partial charge in [-0.2, -0.15) is 0 Å². The van der Waals surface area contributed by atoms with Crippen molar-refractivity contribution in [3.63, 3.8) is 0 Å². The number of carbonyl (C=O) groups excluding carboxylic acids is 1. The second kappa shape index (κ2) is 16.4. The average Bonchev–Trinajstić information content (AvgIpc) is 2.99. The fraction of sp³-hybridized carbons (Fsp3) is 0.826. The number of unbranched alkanes of at least 4 members (excludes halogenated alkanes) is 12. The lowest BCUT2D eigenvalue weighted by atomic mass is 10.1. The molecule has 0 aliphatic carbocycles. The summed E-state index contributed by atoms with van der Waals surface area (Å²) in [5.74, 6) is 0.0130. The number of ether oxygens (including phenoxy) is 1. The first-order chi connectivity index (χ1) is 13.6. The van der Waals surface area contributed by atoms with E-state index < -0.39 is 12.3 Å². The van der Waals surface area contributed by atoms with E-state index in [0.29, 0.717) is 6.54 Å². The van der Waals surface area contributed by atoms with Gasteiger partial charge in [-0.15, -0.1) is 0 Å². The summed E-state index contributed by atoms with van der Waals surface area (Å²) in [5.41, 5.74) is 0. The topological polar surface area (TPSA) is 66.8 Å². The smallest absolute Gasteiger partial charge is 0.450 e. The quantitative estimate of drug-likeness (QED) is 0.178. The summed E-state index contributed by atoms with van der Waals surface area (Å²) in [6, 6.07) is 0. The molecule has 1 atom stereocenters. The molecule has 1 unspecified atom stereocenters. The summed E-state index contributed by atoms with van der Waals surface area (Å²) in [4.78, 5) is 24.1. The highest BCUT2D eigenvalue weighted by Crippen LogP contribution is 2.16. The van der Waals surface area contributed by atoms with Crippen LogP contribution >= 0.6 is 0 Å². The molecule has 1 N–H and O–H groups in total. The molecule has 0 aromatic heterocycles. The molecule has 0 aromatic rings. The van der Waals surface area contributed by atoms with Crippen LogP contribution in [-0.4, -0.2) is 41.3 Å². The first kappa shape index (κ1) is 24.5. The standard InChI is InChI=1S/C23H41NO4/c1-2-3-4-5-6-7-8-9-10-11-12-13-14-15-16-17-18-24-20-21(19-22(24)25)28-23(26)27/h9-10,21H,2-8,11-20H2,1H3,(H,26,27). The number of hydrogen-bond acceptors (Lipinski definition) is 3. The molecule has 1 fully saturated rings. The van der Waals surface area contributed by atoms with E-state index in [4.69, 9.17) is 9.84 Å². The second-order valence-electron chi connectivity index (χ2n) is 7.99. The molecule has 162 valence electrons. The Hall–Kier alpha value is -1.52. The molecular weight excluding hydrogens is 354 g/mol. The van der Waals surface area contributed by atoms with Crippen LogP contribution in [0.4, 0.5) is 4.79 Å². The fourth-order valence-electron chi connectivity index (χ4n) is 3.72. The maximum absolute atomic E-state index is 11.8. The lowest BCUT2D eigenvalue weighted by Crippen LogP contribution is -2.28. The van der Waals surface area contributed by atoms with Gasteiger partial charge in [0.25, 0.3) is 0 Å². The zero-order chi connectivity index (χ0) is 20.5. The van der Waals surface area contributed by atoms with Gasteiger partial charge in [0.05, 0.1) is 13.0 Å². The highest BCUT2D eigenvalue weighted by Gasteiger charge is 2.31. The molecule has 1 rings (SSSR count). The van der Waals surface area contributed by atoms with E-state index in [9.17, 15) is 9.59 Å². The zero-order valence-corrected chi connectivity index (χ0v) is 17.9. The maximum atomic E-state index is 11.8. The molecule has 0 aromatic carbocycles. The highest BCUT2D eigenvalue weighted by molar-refractivity contribution is 5.79. The van der Waals surface area contributed by atoms with Crippen molar-refractivity contribution in [1.29, 1.82) is 0 Å². The van der Waals surface area contributed by atoms with E-state index in [1.54, 1.807) is 4.90 Å². The Labute approximate surface area is 171 Å². The van der Waals surface area contributed by atoms with E-state index in [1.807, 2.05) is 0 Å². The largest absolute Gasteiger partial charge is 0.506 e. The highest BCUT2D eigenvalue weighted by atomic mass is 16.7. The fourth-order valence-corrected chi connectivity index (χ4v) is 3.72. The minimum absolute atomic E-state index is 0.0130. The predicted molar refractivity (Wildman–Crippen MR) is 114 cm³/mol. The molecule has 0 saturated carbocycles. The van der Waals surface area contributed by atoms with Crippen molar-refractivity contribution in [2.75, 3.05) is 13.1 Å². The van der Waals surface area contributed by atoms with Gasteiger partial charge in [0.2, 0.25) is 5.91 Å². The van der Waals surface area contributed by atoms with E-state index in [2.05, 4.69) is 19.1 Å². The lowest BCUT2D eigenvalue weighted by Gasteiger charge is -2.15. The second-order valence-corrected chi connectivity index (χ2v) is 7.99. The zero-order valence-electron chi connectivity index (χ0n) is 17.9. The first-order valence-corrected chi connectivity index (χ1v) is 11.5. The Morgan fingerprint density at radius 1 is 0.964 bits per heavy atom. The summed E-state index contributed by atoms with van der Waals surface area (Å²) < 4.78 is 4.69. The van der Waals surface area contributed by atoms with Crippen LogP contribution in [0.25, 0.3) is 0 Å². The van der Waals surface area contributed by atoms with Crippen LogP contribution in [0.5, 0.6) is 0 Å². The van der Waals surface area contributed by atoms with Gasteiger partial charge < -0.3 is 14.7 Å². The number of rotatable bonds is 17. The molecule has 1 saturated heterocycles. The van der Waals surface area contributed by atoms with Crippen LogP contribution < -0.4 is 0 Å². The molecule has 1 aliphatic heterocycles. The Bertz CT molecular complexity index is 450. The minimum Gasteiger partial charge on any atom is -0.450 e. The molecule has 1 heterocycles. The molecule has 5 heteroatoms. The normalized spacial score (nSPS) is 17.0. The number of likely N-dealkylation sites (tertiary alicyclic amines) is 1. The van der Waals surface area contributed by atoms with Gasteiger partial charge in [0.1, 0.15) is 6.10 Å². The Balaban J connectivity index is 1.85. The van der Waals surface area contributed by atoms with Gasteiger partial charge >= 0.3 is 6.16 Å². The van der Waals surface area contributed by atoms with Gasteiger partial charge in [-0.3, -0.25) is 4.79 Å². The average molecular weight is 396 g/mol. The summed E-state index contributed by atoms with van der Waals surface area (Å²) in [5, 5.41) is 8.62. The van der Waals surface area contributed by atoms with Crippen molar-refractivity contribution < 1.29 is 19.4 Å². The van der Waals surface area contributed by atoms with Gasteiger partial charge in [0, 0.05) is 6.54 Å². The predicted octanol–water partition coefficient (Wildman–Crippen LogP) is 6.32.